The Morgan fingerprint density at radius 2 is 1.79 bits per heavy atom. The van der Waals surface area contributed by atoms with Gasteiger partial charge in [-0.2, -0.15) is 0 Å². The minimum Gasteiger partial charge on any atom is -0.547 e. The van der Waals surface area contributed by atoms with Crippen molar-refractivity contribution in [3.63, 3.8) is 0 Å². The molecule has 0 aliphatic heterocycles. The van der Waals surface area contributed by atoms with Gasteiger partial charge in [0.15, 0.2) is 0 Å². The van der Waals surface area contributed by atoms with Gasteiger partial charge in [-0.25, -0.2) is 0 Å². The van der Waals surface area contributed by atoms with E-state index in [1.807, 2.05) is 0 Å². The van der Waals surface area contributed by atoms with Crippen LogP contribution in [0.1, 0.15) is 46.5 Å². The number of hydrogen-bond donors (Lipinski definition) is 0. The van der Waals surface area contributed by atoms with Gasteiger partial charge in [0.2, 0.25) is 8.32 Å². The fraction of sp³-hybridized carbons (Fsp3) is 0.833. The molecule has 0 saturated carbocycles. The van der Waals surface area contributed by atoms with E-state index in [9.17, 15) is 0 Å². The van der Waals surface area contributed by atoms with Gasteiger partial charge in [-0.1, -0.05) is 20.8 Å². The highest BCUT2D eigenvalue weighted by Crippen LogP contribution is 2.28. The van der Waals surface area contributed by atoms with Crippen LogP contribution in [0.3, 0.4) is 0 Å². The topological polar surface area (TPSA) is 9.23 Å². The highest BCUT2D eigenvalue weighted by molar-refractivity contribution is 6.73. The lowest BCUT2D eigenvalue weighted by atomic mass is 10.1. The van der Waals surface area contributed by atoms with Crippen LogP contribution in [0.15, 0.2) is 11.8 Å². The summed E-state index contributed by atoms with van der Waals surface area (Å²) in [5, 5.41) is 0. The van der Waals surface area contributed by atoms with E-state index in [4.69, 9.17) is 4.43 Å². The van der Waals surface area contributed by atoms with Gasteiger partial charge in [0.25, 0.3) is 0 Å². The second-order valence-electron chi connectivity index (χ2n) is 4.26. The lowest BCUT2D eigenvalue weighted by Crippen LogP contribution is -2.35. The monoisotopic (exact) mass is 212 g/mol. The van der Waals surface area contributed by atoms with E-state index < -0.39 is 8.32 Å². The first-order valence-electron chi connectivity index (χ1n) is 6.14. The van der Waals surface area contributed by atoms with E-state index in [-0.39, 0.29) is 0 Å². The maximum absolute atomic E-state index is 6.33. The third-order valence-electron chi connectivity index (χ3n) is 3.53. The van der Waals surface area contributed by atoms with E-state index >= 15 is 0 Å². The van der Waals surface area contributed by atoms with Crippen LogP contribution in [0.2, 0.25) is 18.1 Å². The lowest BCUT2D eigenvalue weighted by Gasteiger charge is -2.31. The molecule has 1 aliphatic rings. The third kappa shape index (κ3) is 2.87. The minimum absolute atomic E-state index is 1.19. The second kappa shape index (κ2) is 5.59. The molecule has 0 N–H and O–H groups in total. The molecule has 0 aromatic carbocycles. The average Bonchev–Trinajstić information content (AvgIpc) is 2.28. The first kappa shape index (κ1) is 11.8. The minimum atomic E-state index is -1.37. The van der Waals surface area contributed by atoms with Gasteiger partial charge in [-0.3, -0.25) is 0 Å². The molecule has 0 aromatic heterocycles. The fourth-order valence-electron chi connectivity index (χ4n) is 2.15. The molecule has 0 amide bonds. The number of rotatable bonds is 5. The van der Waals surface area contributed by atoms with E-state index in [2.05, 4.69) is 26.8 Å². The molecule has 0 atom stereocenters. The summed E-state index contributed by atoms with van der Waals surface area (Å²) < 4.78 is 6.33. The van der Waals surface area contributed by atoms with Gasteiger partial charge in [-0.15, -0.1) is 0 Å². The first-order valence-corrected chi connectivity index (χ1v) is 8.67. The second-order valence-corrected chi connectivity index (χ2v) is 8.95. The third-order valence-corrected chi connectivity index (χ3v) is 8.09. The highest BCUT2D eigenvalue weighted by atomic mass is 28.4. The van der Waals surface area contributed by atoms with Crippen LogP contribution < -0.4 is 0 Å². The van der Waals surface area contributed by atoms with Crippen LogP contribution in [-0.4, -0.2) is 8.32 Å². The van der Waals surface area contributed by atoms with Gasteiger partial charge in [-0.05, 0) is 43.5 Å². The molecule has 82 valence electrons. The Balaban J connectivity index is 2.57. The van der Waals surface area contributed by atoms with Gasteiger partial charge >= 0.3 is 0 Å². The van der Waals surface area contributed by atoms with Crippen LogP contribution in [0.25, 0.3) is 0 Å². The van der Waals surface area contributed by atoms with Gasteiger partial charge in [0.1, 0.15) is 0 Å². The zero-order valence-electron chi connectivity index (χ0n) is 9.94. The van der Waals surface area contributed by atoms with Crippen molar-refractivity contribution >= 4 is 8.32 Å². The Hall–Kier alpha value is -0.243. The highest BCUT2D eigenvalue weighted by Gasteiger charge is 2.31. The van der Waals surface area contributed by atoms with Crippen molar-refractivity contribution in [3.8, 4) is 0 Å². The zero-order chi connectivity index (χ0) is 10.4. The van der Waals surface area contributed by atoms with Crippen molar-refractivity contribution in [2.75, 3.05) is 0 Å². The largest absolute Gasteiger partial charge is 0.547 e. The van der Waals surface area contributed by atoms with Crippen LogP contribution in [0.4, 0.5) is 0 Å². The molecule has 0 heterocycles. The smallest absolute Gasteiger partial charge is 0.250 e. The molecule has 0 radical (unpaired) electrons. The molecule has 1 rings (SSSR count). The Bertz CT molecular complexity index is 186. The molecule has 0 aromatic rings. The van der Waals surface area contributed by atoms with Crippen LogP contribution >= 0.6 is 0 Å². The van der Waals surface area contributed by atoms with Crippen molar-refractivity contribution in [1.29, 1.82) is 0 Å². The summed E-state index contributed by atoms with van der Waals surface area (Å²) in [7, 11) is -1.37. The van der Waals surface area contributed by atoms with Crippen molar-refractivity contribution < 1.29 is 4.43 Å². The van der Waals surface area contributed by atoms with Crippen LogP contribution in [0, 0.1) is 0 Å². The van der Waals surface area contributed by atoms with Crippen molar-refractivity contribution in [1.82, 2.24) is 0 Å². The quantitative estimate of drug-likeness (QED) is 0.611. The van der Waals surface area contributed by atoms with E-state index in [1.165, 1.54) is 49.6 Å². The van der Waals surface area contributed by atoms with Crippen molar-refractivity contribution in [2.45, 2.75) is 64.6 Å². The summed E-state index contributed by atoms with van der Waals surface area (Å²) in [6.07, 6.45) is 7.43. The molecule has 1 nitrogen and oxygen atoms in total. The lowest BCUT2D eigenvalue weighted by molar-refractivity contribution is 0.366. The Kier molecular flexibility index (Phi) is 4.73. The Labute approximate surface area is 89.7 Å². The van der Waals surface area contributed by atoms with Gasteiger partial charge in [0, 0.05) is 6.42 Å². The first-order chi connectivity index (χ1) is 6.76. The molecule has 0 fully saturated rings. The Morgan fingerprint density at radius 3 is 2.21 bits per heavy atom. The molecular formula is C12H24OSi. The molecule has 1 aliphatic carbocycles. The fourth-order valence-corrected chi connectivity index (χ4v) is 4.82. The predicted octanol–water partition coefficient (Wildman–Crippen LogP) is 4.47. The van der Waals surface area contributed by atoms with Crippen molar-refractivity contribution in [3.05, 3.63) is 11.8 Å². The zero-order valence-corrected chi connectivity index (χ0v) is 10.9. The SMILES string of the molecule is CC[Si](CC)(CC)OC1=CCCCC1. The summed E-state index contributed by atoms with van der Waals surface area (Å²) in [5.41, 5.74) is 0. The van der Waals surface area contributed by atoms with Crippen molar-refractivity contribution in [2.24, 2.45) is 0 Å². The van der Waals surface area contributed by atoms with E-state index in [0.717, 1.165) is 0 Å². The summed E-state index contributed by atoms with van der Waals surface area (Å²) >= 11 is 0. The summed E-state index contributed by atoms with van der Waals surface area (Å²) in [6.45, 7) is 6.88. The van der Waals surface area contributed by atoms with Gasteiger partial charge in [0.05, 0.1) is 5.76 Å². The van der Waals surface area contributed by atoms with Gasteiger partial charge < -0.3 is 4.43 Å². The Morgan fingerprint density at radius 1 is 1.14 bits per heavy atom. The summed E-state index contributed by atoms with van der Waals surface area (Å²) in [5.74, 6) is 1.31. The average molecular weight is 212 g/mol. The molecular weight excluding hydrogens is 188 g/mol. The molecule has 14 heavy (non-hydrogen) atoms. The maximum atomic E-state index is 6.33. The van der Waals surface area contributed by atoms with E-state index in [0.29, 0.717) is 0 Å². The molecule has 0 bridgehead atoms. The van der Waals surface area contributed by atoms with Crippen LogP contribution in [0.5, 0.6) is 0 Å². The molecule has 0 spiro atoms. The molecule has 0 unspecified atom stereocenters. The number of hydrogen-bond acceptors (Lipinski definition) is 1. The molecule has 0 saturated heterocycles. The number of allylic oxidation sites excluding steroid dienone is 2. The summed E-state index contributed by atoms with van der Waals surface area (Å²) in [6, 6.07) is 3.78. The standard InChI is InChI=1S/C12H24OSi/c1-4-14(5-2,6-3)13-12-10-8-7-9-11-12/h10H,4-9,11H2,1-3H3. The normalized spacial score (nSPS) is 17.8. The predicted molar refractivity (Wildman–Crippen MR) is 64.8 cm³/mol. The van der Waals surface area contributed by atoms with E-state index in [1.54, 1.807) is 0 Å². The maximum Gasteiger partial charge on any atom is 0.250 e. The molecule has 2 heteroatoms. The van der Waals surface area contributed by atoms with Crippen LogP contribution in [-0.2, 0) is 4.43 Å². The summed E-state index contributed by atoms with van der Waals surface area (Å²) in [4.78, 5) is 0.